The number of hydrogen-bond donors (Lipinski definition) is 0. The smallest absolute Gasteiger partial charge is 0.341 e. The van der Waals surface area contributed by atoms with E-state index in [1.807, 2.05) is 39.8 Å². The molecule has 0 aliphatic heterocycles. The number of benzene rings is 1. The van der Waals surface area contributed by atoms with E-state index in [2.05, 4.69) is 0 Å². The molecular formula is C14H20O3. The van der Waals surface area contributed by atoms with Crippen molar-refractivity contribution >= 4 is 5.97 Å². The summed E-state index contributed by atoms with van der Waals surface area (Å²) in [6, 6.07) is 5.50. The summed E-state index contributed by atoms with van der Waals surface area (Å²) in [6.45, 7) is 8.21. The van der Waals surface area contributed by atoms with Crippen LogP contribution in [0.4, 0.5) is 0 Å². The molecule has 0 saturated heterocycles. The van der Waals surface area contributed by atoms with Crippen LogP contribution >= 0.6 is 0 Å². The van der Waals surface area contributed by atoms with Crippen LogP contribution in [0.1, 0.15) is 43.1 Å². The largest absolute Gasteiger partial charge is 0.490 e. The lowest BCUT2D eigenvalue weighted by Gasteiger charge is -2.15. The van der Waals surface area contributed by atoms with Gasteiger partial charge in [-0.05, 0) is 38.8 Å². The Labute approximate surface area is 103 Å². The van der Waals surface area contributed by atoms with Crippen molar-refractivity contribution in [2.75, 3.05) is 6.61 Å². The second-order valence-electron chi connectivity index (χ2n) is 4.25. The maximum atomic E-state index is 11.9. The summed E-state index contributed by atoms with van der Waals surface area (Å²) in [7, 11) is 0. The van der Waals surface area contributed by atoms with E-state index in [1.54, 1.807) is 6.07 Å². The Morgan fingerprint density at radius 1 is 1.35 bits per heavy atom. The van der Waals surface area contributed by atoms with Crippen LogP contribution in [0.2, 0.25) is 0 Å². The quantitative estimate of drug-likeness (QED) is 0.735. The van der Waals surface area contributed by atoms with Crippen molar-refractivity contribution in [1.82, 2.24) is 0 Å². The molecule has 3 nitrogen and oxygen atoms in total. The van der Waals surface area contributed by atoms with Crippen LogP contribution in [-0.2, 0) is 4.74 Å². The maximum absolute atomic E-state index is 11.9. The summed E-state index contributed by atoms with van der Waals surface area (Å²) in [5.74, 6) is 0.315. The standard InChI is InChI=1S/C14H20O3/c1-5-9-16-14(15)12-8-6-7-11(4)13(12)17-10(2)3/h6-8,10H,5,9H2,1-4H3. The minimum atomic E-state index is -0.314. The SMILES string of the molecule is CCCOC(=O)c1cccc(C)c1OC(C)C. The number of carbonyl (C=O) groups excluding carboxylic acids is 1. The summed E-state index contributed by atoms with van der Waals surface area (Å²) < 4.78 is 10.8. The Hall–Kier alpha value is -1.51. The van der Waals surface area contributed by atoms with Crippen molar-refractivity contribution in [2.45, 2.75) is 40.2 Å². The monoisotopic (exact) mass is 236 g/mol. The van der Waals surface area contributed by atoms with Gasteiger partial charge in [-0.2, -0.15) is 0 Å². The fourth-order valence-corrected chi connectivity index (χ4v) is 1.48. The molecular weight excluding hydrogens is 216 g/mol. The fraction of sp³-hybridized carbons (Fsp3) is 0.500. The predicted octanol–water partition coefficient (Wildman–Crippen LogP) is 3.35. The first kappa shape index (κ1) is 13.6. The molecule has 0 heterocycles. The highest BCUT2D eigenvalue weighted by Crippen LogP contribution is 2.25. The molecule has 0 radical (unpaired) electrons. The van der Waals surface area contributed by atoms with Crippen molar-refractivity contribution in [3.63, 3.8) is 0 Å². The number of ether oxygens (including phenoxy) is 2. The van der Waals surface area contributed by atoms with Crippen molar-refractivity contribution < 1.29 is 14.3 Å². The van der Waals surface area contributed by atoms with E-state index in [-0.39, 0.29) is 12.1 Å². The Morgan fingerprint density at radius 2 is 2.06 bits per heavy atom. The normalized spacial score (nSPS) is 10.4. The second-order valence-corrected chi connectivity index (χ2v) is 4.25. The van der Waals surface area contributed by atoms with Gasteiger partial charge in [0.1, 0.15) is 11.3 Å². The maximum Gasteiger partial charge on any atom is 0.341 e. The van der Waals surface area contributed by atoms with Gasteiger partial charge in [0.15, 0.2) is 0 Å². The zero-order chi connectivity index (χ0) is 12.8. The summed E-state index contributed by atoms with van der Waals surface area (Å²) in [5, 5.41) is 0. The van der Waals surface area contributed by atoms with Crippen molar-refractivity contribution in [1.29, 1.82) is 0 Å². The summed E-state index contributed by atoms with van der Waals surface area (Å²) in [5.41, 5.74) is 1.46. The van der Waals surface area contributed by atoms with Crippen LogP contribution in [-0.4, -0.2) is 18.7 Å². The highest BCUT2D eigenvalue weighted by Gasteiger charge is 2.16. The van der Waals surface area contributed by atoms with E-state index >= 15 is 0 Å². The van der Waals surface area contributed by atoms with E-state index in [0.29, 0.717) is 17.9 Å². The summed E-state index contributed by atoms with van der Waals surface area (Å²) in [6.07, 6.45) is 0.853. The molecule has 0 aliphatic rings. The van der Waals surface area contributed by atoms with Crippen molar-refractivity contribution in [2.24, 2.45) is 0 Å². The average Bonchev–Trinajstić information content (AvgIpc) is 2.28. The minimum absolute atomic E-state index is 0.0359. The van der Waals surface area contributed by atoms with Gasteiger partial charge in [-0.3, -0.25) is 0 Å². The van der Waals surface area contributed by atoms with Crippen LogP contribution in [0.15, 0.2) is 18.2 Å². The molecule has 94 valence electrons. The van der Waals surface area contributed by atoms with Crippen LogP contribution in [0.5, 0.6) is 5.75 Å². The van der Waals surface area contributed by atoms with E-state index in [0.717, 1.165) is 12.0 Å². The van der Waals surface area contributed by atoms with Gasteiger partial charge < -0.3 is 9.47 Å². The van der Waals surface area contributed by atoms with Crippen molar-refractivity contribution in [3.8, 4) is 5.75 Å². The number of aryl methyl sites for hydroxylation is 1. The van der Waals surface area contributed by atoms with Gasteiger partial charge in [-0.15, -0.1) is 0 Å². The first-order valence-electron chi connectivity index (χ1n) is 5.99. The summed E-state index contributed by atoms with van der Waals surface area (Å²) in [4.78, 5) is 11.9. The lowest BCUT2D eigenvalue weighted by molar-refractivity contribution is 0.0498. The van der Waals surface area contributed by atoms with Gasteiger partial charge in [-0.25, -0.2) is 4.79 Å². The number of esters is 1. The van der Waals surface area contributed by atoms with Crippen LogP contribution in [0.3, 0.4) is 0 Å². The molecule has 0 fully saturated rings. The Kier molecular flexibility index (Phi) is 5.01. The molecule has 0 unspecified atom stereocenters. The van der Waals surface area contributed by atoms with Crippen molar-refractivity contribution in [3.05, 3.63) is 29.3 Å². The molecule has 1 aromatic rings. The molecule has 0 atom stereocenters. The van der Waals surface area contributed by atoms with Gasteiger partial charge in [0.25, 0.3) is 0 Å². The van der Waals surface area contributed by atoms with E-state index in [4.69, 9.17) is 9.47 Å². The Balaban J connectivity index is 2.97. The van der Waals surface area contributed by atoms with Gasteiger partial charge in [0, 0.05) is 0 Å². The van der Waals surface area contributed by atoms with E-state index < -0.39 is 0 Å². The first-order chi connectivity index (χ1) is 8.06. The molecule has 1 aromatic carbocycles. The molecule has 0 aromatic heterocycles. The van der Waals surface area contributed by atoms with Crippen LogP contribution in [0, 0.1) is 6.92 Å². The van der Waals surface area contributed by atoms with Crippen LogP contribution in [0.25, 0.3) is 0 Å². The third-order valence-corrected chi connectivity index (χ3v) is 2.22. The van der Waals surface area contributed by atoms with Gasteiger partial charge in [-0.1, -0.05) is 19.1 Å². The molecule has 3 heteroatoms. The predicted molar refractivity (Wildman–Crippen MR) is 67.5 cm³/mol. The average molecular weight is 236 g/mol. The minimum Gasteiger partial charge on any atom is -0.490 e. The lowest BCUT2D eigenvalue weighted by atomic mass is 10.1. The highest BCUT2D eigenvalue weighted by molar-refractivity contribution is 5.93. The molecule has 17 heavy (non-hydrogen) atoms. The molecule has 0 amide bonds. The molecule has 1 rings (SSSR count). The number of rotatable bonds is 5. The second kappa shape index (κ2) is 6.28. The van der Waals surface area contributed by atoms with E-state index in [9.17, 15) is 4.79 Å². The molecule has 0 aliphatic carbocycles. The number of hydrogen-bond acceptors (Lipinski definition) is 3. The zero-order valence-corrected chi connectivity index (χ0v) is 10.9. The van der Waals surface area contributed by atoms with Gasteiger partial charge >= 0.3 is 5.97 Å². The number of para-hydroxylation sites is 1. The molecule has 0 saturated carbocycles. The number of carbonyl (C=O) groups is 1. The van der Waals surface area contributed by atoms with Gasteiger partial charge in [0.05, 0.1) is 12.7 Å². The Morgan fingerprint density at radius 3 is 2.65 bits per heavy atom. The first-order valence-corrected chi connectivity index (χ1v) is 5.99. The van der Waals surface area contributed by atoms with E-state index in [1.165, 1.54) is 0 Å². The topological polar surface area (TPSA) is 35.5 Å². The third kappa shape index (κ3) is 3.77. The van der Waals surface area contributed by atoms with Gasteiger partial charge in [0.2, 0.25) is 0 Å². The summed E-state index contributed by atoms with van der Waals surface area (Å²) >= 11 is 0. The molecule has 0 bridgehead atoms. The third-order valence-electron chi connectivity index (χ3n) is 2.22. The lowest BCUT2D eigenvalue weighted by Crippen LogP contribution is -2.13. The highest BCUT2D eigenvalue weighted by atomic mass is 16.5. The Bertz CT molecular complexity index is 383. The molecule has 0 N–H and O–H groups in total. The zero-order valence-electron chi connectivity index (χ0n) is 10.9. The fourth-order valence-electron chi connectivity index (χ4n) is 1.48. The molecule has 0 spiro atoms. The van der Waals surface area contributed by atoms with Crippen LogP contribution < -0.4 is 4.74 Å².